The van der Waals surface area contributed by atoms with Gasteiger partial charge in [0, 0.05) is 6.54 Å². The van der Waals surface area contributed by atoms with Gasteiger partial charge in [0.2, 0.25) is 10.0 Å². The highest BCUT2D eigenvalue weighted by Crippen LogP contribution is 2.17. The van der Waals surface area contributed by atoms with Crippen LogP contribution in [0.2, 0.25) is 0 Å². The van der Waals surface area contributed by atoms with Gasteiger partial charge in [-0.15, -0.1) is 3.89 Å². The summed E-state index contributed by atoms with van der Waals surface area (Å²) >= 11 is 0. The van der Waals surface area contributed by atoms with Crippen LogP contribution in [0.1, 0.15) is 13.8 Å². The largest absolute Gasteiger partial charge is 0.377 e. The molecule has 0 amide bonds. The fraction of sp³-hybridized carbons (Fsp3) is 0.455. The molecule has 6 nitrogen and oxygen atoms in total. The second-order valence-electron chi connectivity index (χ2n) is 4.23. The molecule has 0 radical (unpaired) electrons. The maximum absolute atomic E-state index is 12.8. The molecule has 0 aliphatic rings. The molecule has 0 atom stereocenters. The summed E-state index contributed by atoms with van der Waals surface area (Å²) < 4.78 is 65.5. The second-order valence-corrected chi connectivity index (χ2v) is 7.34. The average Bonchev–Trinajstić information content (AvgIpc) is 2.34. The van der Waals surface area contributed by atoms with Crippen LogP contribution in [0.5, 0.6) is 0 Å². The van der Waals surface area contributed by atoms with Crippen LogP contribution in [0.25, 0.3) is 0 Å². The minimum atomic E-state index is -4.94. The van der Waals surface area contributed by atoms with Gasteiger partial charge < -0.3 is 4.74 Å². The summed E-state index contributed by atoms with van der Waals surface area (Å²) in [6.07, 6.45) is -0.0282. The minimum absolute atomic E-state index is 0.0282. The molecule has 20 heavy (non-hydrogen) atoms. The number of benzene rings is 1. The topological polar surface area (TPSA) is 89.5 Å². The Morgan fingerprint density at radius 2 is 1.80 bits per heavy atom. The first-order chi connectivity index (χ1) is 9.13. The van der Waals surface area contributed by atoms with Crippen LogP contribution in [0.3, 0.4) is 0 Å². The van der Waals surface area contributed by atoms with E-state index >= 15 is 0 Å². The third-order valence-electron chi connectivity index (χ3n) is 2.24. The minimum Gasteiger partial charge on any atom is -0.377 e. The molecule has 9 heteroatoms. The summed E-state index contributed by atoms with van der Waals surface area (Å²) in [5.74, 6) is 0. The predicted octanol–water partition coefficient (Wildman–Crippen LogP) is 1.05. The first-order valence-electron chi connectivity index (χ1n) is 5.79. The van der Waals surface area contributed by atoms with Gasteiger partial charge in [-0.2, -0.15) is 8.42 Å². The van der Waals surface area contributed by atoms with Crippen LogP contribution in [0.15, 0.2) is 34.1 Å². The van der Waals surface area contributed by atoms with Crippen molar-refractivity contribution in [1.29, 1.82) is 0 Å². The van der Waals surface area contributed by atoms with E-state index in [0.717, 1.165) is 18.2 Å². The second kappa shape index (κ2) is 6.61. The molecule has 1 aromatic rings. The van der Waals surface area contributed by atoms with Gasteiger partial charge in [0.25, 0.3) is 0 Å². The molecule has 0 aliphatic carbocycles. The number of sulfonamides is 1. The van der Waals surface area contributed by atoms with Crippen LogP contribution < -0.4 is 4.72 Å². The summed E-state index contributed by atoms with van der Waals surface area (Å²) in [6.45, 7) is 3.83. The van der Waals surface area contributed by atoms with E-state index in [4.69, 9.17) is 4.74 Å². The monoisotopic (exact) mass is 325 g/mol. The number of nitrogens with one attached hydrogen (secondary N) is 1. The molecule has 0 aliphatic heterocycles. The van der Waals surface area contributed by atoms with E-state index in [9.17, 15) is 20.7 Å². The lowest BCUT2D eigenvalue weighted by Gasteiger charge is -2.09. The summed E-state index contributed by atoms with van der Waals surface area (Å²) in [7, 11) is -8.84. The molecule has 0 aromatic heterocycles. The third kappa shape index (κ3) is 5.16. The molecule has 0 saturated heterocycles. The van der Waals surface area contributed by atoms with Gasteiger partial charge in [-0.05, 0) is 32.0 Å². The Morgan fingerprint density at radius 3 is 2.35 bits per heavy atom. The molecule has 1 N–H and O–H groups in total. The Kier molecular flexibility index (Phi) is 5.63. The van der Waals surface area contributed by atoms with Gasteiger partial charge in [0.15, 0.2) is 0 Å². The van der Waals surface area contributed by atoms with Gasteiger partial charge in [0.1, 0.15) is 0 Å². The van der Waals surface area contributed by atoms with Crippen molar-refractivity contribution in [2.24, 2.45) is 0 Å². The molecule has 0 heterocycles. The van der Waals surface area contributed by atoms with Crippen molar-refractivity contribution in [3.05, 3.63) is 24.3 Å². The third-order valence-corrected chi connectivity index (χ3v) is 4.52. The molecule has 0 spiro atoms. The van der Waals surface area contributed by atoms with Crippen LogP contribution >= 0.6 is 0 Å². The summed E-state index contributed by atoms with van der Waals surface area (Å²) in [4.78, 5) is -1.01. The van der Waals surface area contributed by atoms with E-state index in [1.165, 1.54) is 6.07 Å². The van der Waals surface area contributed by atoms with Gasteiger partial charge in [0.05, 0.1) is 22.5 Å². The smallest absolute Gasteiger partial charge is 0.332 e. The van der Waals surface area contributed by atoms with Crippen molar-refractivity contribution in [3.8, 4) is 0 Å². The SMILES string of the molecule is CC(C)OCCNS(=O)(=O)c1cccc(S(=O)(=O)F)c1. The molecular weight excluding hydrogens is 309 g/mol. The van der Waals surface area contributed by atoms with Gasteiger partial charge >= 0.3 is 10.2 Å². The van der Waals surface area contributed by atoms with E-state index in [0.29, 0.717) is 0 Å². The zero-order chi connectivity index (χ0) is 15.4. The van der Waals surface area contributed by atoms with Gasteiger partial charge in [-0.1, -0.05) is 6.07 Å². The van der Waals surface area contributed by atoms with Gasteiger partial charge in [-0.25, -0.2) is 13.1 Å². The Labute approximate surface area is 118 Å². The average molecular weight is 325 g/mol. The molecule has 1 aromatic carbocycles. The van der Waals surface area contributed by atoms with E-state index in [2.05, 4.69) is 4.72 Å². The fourth-order valence-electron chi connectivity index (χ4n) is 1.35. The highest BCUT2D eigenvalue weighted by atomic mass is 32.3. The van der Waals surface area contributed by atoms with Crippen molar-refractivity contribution in [3.63, 3.8) is 0 Å². The van der Waals surface area contributed by atoms with Crippen LogP contribution in [0.4, 0.5) is 3.89 Å². The van der Waals surface area contributed by atoms with Crippen molar-refractivity contribution in [2.45, 2.75) is 29.7 Å². The molecule has 0 fully saturated rings. The Bertz CT molecular complexity index is 655. The number of rotatable bonds is 7. The molecule has 0 unspecified atom stereocenters. The number of hydrogen-bond acceptors (Lipinski definition) is 5. The lowest BCUT2D eigenvalue weighted by Crippen LogP contribution is -2.28. The Balaban J connectivity index is 2.83. The van der Waals surface area contributed by atoms with Gasteiger partial charge in [-0.3, -0.25) is 0 Å². The zero-order valence-corrected chi connectivity index (χ0v) is 12.7. The summed E-state index contributed by atoms with van der Waals surface area (Å²) in [6, 6.07) is 4.09. The Hall–Kier alpha value is -1.03. The molecular formula is C11H16FNO5S2. The number of halogens is 1. The van der Waals surface area contributed by atoms with Crippen LogP contribution in [-0.4, -0.2) is 36.1 Å². The van der Waals surface area contributed by atoms with Crippen LogP contribution in [0, 0.1) is 0 Å². The number of hydrogen-bond donors (Lipinski definition) is 1. The van der Waals surface area contributed by atoms with Crippen LogP contribution in [-0.2, 0) is 25.0 Å². The molecule has 114 valence electrons. The van der Waals surface area contributed by atoms with Crippen molar-refractivity contribution >= 4 is 20.2 Å². The standard InChI is InChI=1S/C11H16FNO5S2/c1-9(2)18-7-6-13-20(16,17)11-5-3-4-10(8-11)19(12,14)15/h3-5,8-9,13H,6-7H2,1-2H3. The highest BCUT2D eigenvalue weighted by Gasteiger charge is 2.18. The number of ether oxygens (including phenoxy) is 1. The van der Waals surface area contributed by atoms with Crippen molar-refractivity contribution in [2.75, 3.05) is 13.2 Å². The molecule has 0 saturated carbocycles. The van der Waals surface area contributed by atoms with E-state index < -0.39 is 25.1 Å². The lowest BCUT2D eigenvalue weighted by molar-refractivity contribution is 0.0834. The van der Waals surface area contributed by atoms with Crippen molar-refractivity contribution in [1.82, 2.24) is 4.72 Å². The predicted molar refractivity (Wildman–Crippen MR) is 71.0 cm³/mol. The van der Waals surface area contributed by atoms with E-state index in [1.54, 1.807) is 0 Å². The Morgan fingerprint density at radius 1 is 1.20 bits per heavy atom. The summed E-state index contributed by atoms with van der Waals surface area (Å²) in [5.41, 5.74) is 0. The highest BCUT2D eigenvalue weighted by molar-refractivity contribution is 7.89. The first kappa shape index (κ1) is 17.0. The normalized spacial score (nSPS) is 12.8. The lowest BCUT2D eigenvalue weighted by atomic mass is 10.4. The zero-order valence-electron chi connectivity index (χ0n) is 11.0. The summed E-state index contributed by atoms with van der Waals surface area (Å²) in [5, 5.41) is 0. The van der Waals surface area contributed by atoms with E-state index in [-0.39, 0.29) is 24.2 Å². The first-order valence-corrected chi connectivity index (χ1v) is 8.65. The fourth-order valence-corrected chi connectivity index (χ4v) is 2.99. The quantitative estimate of drug-likeness (QED) is 0.598. The molecule has 1 rings (SSSR count). The maximum Gasteiger partial charge on any atom is 0.332 e. The maximum atomic E-state index is 12.8. The molecule has 0 bridgehead atoms. The van der Waals surface area contributed by atoms with E-state index in [1.807, 2.05) is 13.8 Å². The van der Waals surface area contributed by atoms with Crippen molar-refractivity contribution < 1.29 is 25.5 Å².